The molecule has 0 aliphatic carbocycles. The third-order valence-electron chi connectivity index (χ3n) is 2.96. The summed E-state index contributed by atoms with van der Waals surface area (Å²) in [6, 6.07) is 9.14. The van der Waals surface area contributed by atoms with Crippen molar-refractivity contribution >= 4 is 22.7 Å². The summed E-state index contributed by atoms with van der Waals surface area (Å²) in [4.78, 5) is 12.4. The van der Waals surface area contributed by atoms with E-state index in [2.05, 4.69) is 0 Å². The van der Waals surface area contributed by atoms with Crippen molar-refractivity contribution in [2.45, 2.75) is 6.54 Å². The minimum atomic E-state index is -1.72. The van der Waals surface area contributed by atoms with Gasteiger partial charge in [0.1, 0.15) is 5.69 Å². The van der Waals surface area contributed by atoms with Gasteiger partial charge in [0.15, 0.2) is 17.5 Å². The molecule has 0 saturated carbocycles. The zero-order valence-electron chi connectivity index (χ0n) is 11.1. The predicted molar refractivity (Wildman–Crippen MR) is 78.1 cm³/mol. The predicted octanol–water partition coefficient (Wildman–Crippen LogP) is 4.45. The van der Waals surface area contributed by atoms with Crippen LogP contribution in [0, 0.1) is 29.8 Å². The number of amides is 1. The van der Waals surface area contributed by atoms with Crippen molar-refractivity contribution in [1.29, 1.82) is 0 Å². The summed E-state index contributed by atoms with van der Waals surface area (Å²) in [5, 5.41) is -1.06. The van der Waals surface area contributed by atoms with E-state index >= 15 is 0 Å². The number of halogens is 4. The van der Waals surface area contributed by atoms with Gasteiger partial charge in [0.2, 0.25) is 0 Å². The first-order valence-electron chi connectivity index (χ1n) is 6.10. The van der Waals surface area contributed by atoms with Crippen molar-refractivity contribution < 1.29 is 18.0 Å². The summed E-state index contributed by atoms with van der Waals surface area (Å²) >= 11 is 5.46. The Balaban J connectivity index is 2.57. The standard InChI is InChI=1S/C16H9ClF3NO/c1-2-11-8-12(18)13(19)14(20)15(11)21(16(17)22)9-10-6-4-3-5-7-10/h1,3-8H,9H2. The van der Waals surface area contributed by atoms with E-state index in [1.54, 1.807) is 30.3 Å². The molecule has 0 N–H and O–H groups in total. The molecular formula is C16H9ClF3NO. The third-order valence-corrected chi connectivity index (χ3v) is 3.16. The van der Waals surface area contributed by atoms with Gasteiger partial charge in [0.25, 0.3) is 0 Å². The number of hydrogen-bond acceptors (Lipinski definition) is 1. The monoisotopic (exact) mass is 323 g/mol. The molecule has 6 heteroatoms. The molecule has 0 aliphatic rings. The van der Waals surface area contributed by atoms with Gasteiger partial charge < -0.3 is 0 Å². The van der Waals surface area contributed by atoms with E-state index in [-0.39, 0.29) is 12.1 Å². The molecule has 0 atom stereocenters. The Kier molecular flexibility index (Phi) is 4.74. The Bertz CT molecular complexity index is 756. The number of terminal acetylenes is 1. The lowest BCUT2D eigenvalue weighted by atomic mass is 10.1. The van der Waals surface area contributed by atoms with Gasteiger partial charge in [-0.2, -0.15) is 0 Å². The molecule has 0 aliphatic heterocycles. The Hall–Kier alpha value is -2.45. The molecule has 0 heterocycles. The van der Waals surface area contributed by atoms with Crippen LogP contribution in [0.1, 0.15) is 11.1 Å². The van der Waals surface area contributed by atoms with Crippen LogP contribution in [-0.2, 0) is 6.54 Å². The number of nitrogens with zero attached hydrogens (tertiary/aromatic N) is 1. The Morgan fingerprint density at radius 3 is 2.36 bits per heavy atom. The highest BCUT2D eigenvalue weighted by Crippen LogP contribution is 2.30. The molecule has 2 aromatic carbocycles. The van der Waals surface area contributed by atoms with Crippen LogP contribution in [0.25, 0.3) is 0 Å². The first-order valence-corrected chi connectivity index (χ1v) is 6.48. The number of benzene rings is 2. The molecule has 0 aromatic heterocycles. The second-order valence-electron chi connectivity index (χ2n) is 4.35. The molecule has 2 nitrogen and oxygen atoms in total. The molecule has 0 saturated heterocycles. The number of carbonyl (C=O) groups is 1. The second-order valence-corrected chi connectivity index (χ2v) is 4.67. The number of carbonyl (C=O) groups excluding carboxylic acids is 1. The minimum absolute atomic E-state index is 0.139. The summed E-state index contributed by atoms with van der Waals surface area (Å²) < 4.78 is 40.8. The second kappa shape index (κ2) is 6.54. The number of rotatable bonds is 3. The fourth-order valence-corrected chi connectivity index (χ4v) is 2.10. The molecule has 0 spiro atoms. The van der Waals surface area contributed by atoms with Gasteiger partial charge in [-0.15, -0.1) is 6.42 Å². The summed E-state index contributed by atoms with van der Waals surface area (Å²) in [7, 11) is 0. The van der Waals surface area contributed by atoms with Crippen molar-refractivity contribution in [1.82, 2.24) is 0 Å². The molecule has 1 amide bonds. The van der Waals surface area contributed by atoms with Crippen molar-refractivity contribution in [2.75, 3.05) is 4.90 Å². The van der Waals surface area contributed by atoms with Gasteiger partial charge >= 0.3 is 5.37 Å². The van der Waals surface area contributed by atoms with Crippen molar-refractivity contribution in [3.8, 4) is 12.3 Å². The summed E-state index contributed by atoms with van der Waals surface area (Å²) in [6.07, 6.45) is 5.18. The van der Waals surface area contributed by atoms with Crippen LogP contribution in [0.15, 0.2) is 36.4 Å². The fourth-order valence-electron chi connectivity index (χ4n) is 1.95. The molecule has 112 valence electrons. The van der Waals surface area contributed by atoms with Crippen LogP contribution in [0.5, 0.6) is 0 Å². The Labute approximate surface area is 130 Å². The van der Waals surface area contributed by atoms with Crippen LogP contribution < -0.4 is 4.90 Å². The molecule has 22 heavy (non-hydrogen) atoms. The molecule has 0 fully saturated rings. The molecule has 2 aromatic rings. The van der Waals surface area contributed by atoms with Crippen LogP contribution >= 0.6 is 11.6 Å². The van der Waals surface area contributed by atoms with E-state index in [0.29, 0.717) is 11.6 Å². The molecular weight excluding hydrogens is 315 g/mol. The third kappa shape index (κ3) is 3.07. The van der Waals surface area contributed by atoms with Crippen molar-refractivity contribution in [3.05, 3.63) is 65.0 Å². The average Bonchev–Trinajstić information content (AvgIpc) is 2.51. The van der Waals surface area contributed by atoms with Gasteiger partial charge in [-0.3, -0.25) is 9.69 Å². The van der Waals surface area contributed by atoms with E-state index in [0.717, 1.165) is 4.90 Å². The lowest BCUT2D eigenvalue weighted by Crippen LogP contribution is -2.27. The lowest BCUT2D eigenvalue weighted by Gasteiger charge is -2.22. The molecule has 2 rings (SSSR count). The maximum Gasteiger partial charge on any atom is 0.321 e. The van der Waals surface area contributed by atoms with Gasteiger partial charge in [-0.25, -0.2) is 13.2 Å². The fraction of sp³-hybridized carbons (Fsp3) is 0.0625. The van der Waals surface area contributed by atoms with E-state index in [1.807, 2.05) is 5.92 Å². The Morgan fingerprint density at radius 2 is 1.82 bits per heavy atom. The first kappa shape index (κ1) is 15.9. The number of anilines is 1. The zero-order chi connectivity index (χ0) is 16.3. The molecule has 0 bridgehead atoms. The van der Waals surface area contributed by atoms with Gasteiger partial charge in [0.05, 0.1) is 12.1 Å². The van der Waals surface area contributed by atoms with E-state index in [1.165, 1.54) is 0 Å². The smallest absolute Gasteiger partial charge is 0.290 e. The molecule has 0 radical (unpaired) electrons. The Morgan fingerprint density at radius 1 is 1.18 bits per heavy atom. The summed E-state index contributed by atoms with van der Waals surface area (Å²) in [5.74, 6) is -2.68. The van der Waals surface area contributed by atoms with Crippen molar-refractivity contribution in [2.24, 2.45) is 0 Å². The number of hydrogen-bond donors (Lipinski definition) is 0. The van der Waals surface area contributed by atoms with Crippen LogP contribution in [-0.4, -0.2) is 5.37 Å². The van der Waals surface area contributed by atoms with Crippen LogP contribution in [0.3, 0.4) is 0 Å². The summed E-state index contributed by atoms with van der Waals surface area (Å²) in [6.45, 7) is -0.139. The average molecular weight is 324 g/mol. The molecule has 0 unspecified atom stereocenters. The highest BCUT2D eigenvalue weighted by molar-refractivity contribution is 6.66. The maximum atomic E-state index is 14.1. The zero-order valence-corrected chi connectivity index (χ0v) is 11.9. The van der Waals surface area contributed by atoms with Crippen LogP contribution in [0.4, 0.5) is 23.7 Å². The van der Waals surface area contributed by atoms with Crippen LogP contribution in [0.2, 0.25) is 0 Å². The topological polar surface area (TPSA) is 20.3 Å². The van der Waals surface area contributed by atoms with Gasteiger partial charge in [-0.1, -0.05) is 36.3 Å². The summed E-state index contributed by atoms with van der Waals surface area (Å²) in [5.41, 5.74) is -0.254. The van der Waals surface area contributed by atoms with Gasteiger partial charge in [-0.05, 0) is 23.2 Å². The quantitative estimate of drug-likeness (QED) is 0.354. The first-order chi connectivity index (χ1) is 10.5. The maximum absolute atomic E-state index is 14.1. The SMILES string of the molecule is C#Cc1cc(F)c(F)c(F)c1N(Cc1ccccc1)C(=O)Cl. The van der Waals surface area contributed by atoms with E-state index < -0.39 is 28.5 Å². The van der Waals surface area contributed by atoms with Crippen molar-refractivity contribution in [3.63, 3.8) is 0 Å². The minimum Gasteiger partial charge on any atom is -0.290 e. The van der Waals surface area contributed by atoms with Gasteiger partial charge in [0, 0.05) is 0 Å². The lowest BCUT2D eigenvalue weighted by molar-refractivity contribution is 0.263. The normalized spacial score (nSPS) is 10.1. The highest BCUT2D eigenvalue weighted by atomic mass is 35.5. The van der Waals surface area contributed by atoms with E-state index in [9.17, 15) is 18.0 Å². The van der Waals surface area contributed by atoms with E-state index in [4.69, 9.17) is 18.0 Å². The largest absolute Gasteiger partial charge is 0.321 e. The highest BCUT2D eigenvalue weighted by Gasteiger charge is 2.26.